The number of ether oxygens (including phenoxy) is 2. The van der Waals surface area contributed by atoms with Crippen molar-refractivity contribution in [1.29, 1.82) is 0 Å². The number of rotatable bonds is 12. The molecule has 1 heterocycles. The van der Waals surface area contributed by atoms with E-state index in [0.717, 1.165) is 49.4 Å². The van der Waals surface area contributed by atoms with Gasteiger partial charge in [-0.3, -0.25) is 4.79 Å². The summed E-state index contributed by atoms with van der Waals surface area (Å²) in [5, 5.41) is 0.969. The molecule has 0 aliphatic heterocycles. The molecule has 0 spiro atoms. The molecular weight excluding hydrogens is 354 g/mol. The summed E-state index contributed by atoms with van der Waals surface area (Å²) < 4.78 is 12.6. The number of aromatic nitrogens is 1. The first kappa shape index (κ1) is 21.7. The molecule has 0 atom stereocenters. The molecule has 0 bridgehead atoms. The predicted molar refractivity (Wildman–Crippen MR) is 113 cm³/mol. The number of carbonyl (C=O) groups is 1. The molecule has 0 saturated heterocycles. The van der Waals surface area contributed by atoms with E-state index in [0.29, 0.717) is 24.5 Å². The average molecular weight is 386 g/mol. The minimum atomic E-state index is -0.302. The number of para-hydroxylation sites is 1. The third-order valence-corrected chi connectivity index (χ3v) is 4.74. The Labute approximate surface area is 167 Å². The van der Waals surface area contributed by atoms with Crippen molar-refractivity contribution in [3.63, 3.8) is 0 Å². The molecule has 1 aromatic heterocycles. The Morgan fingerprint density at radius 1 is 1.00 bits per heavy atom. The number of carbonyl (C=O) groups excluding carboxylic acids is 1. The van der Waals surface area contributed by atoms with Gasteiger partial charge in [-0.15, -0.1) is 0 Å². The van der Waals surface area contributed by atoms with Crippen molar-refractivity contribution in [3.8, 4) is 5.75 Å². The van der Waals surface area contributed by atoms with Crippen LogP contribution >= 0.6 is 0 Å². The van der Waals surface area contributed by atoms with Crippen molar-refractivity contribution >= 4 is 16.9 Å². The first-order valence-corrected chi connectivity index (χ1v) is 10.0. The third kappa shape index (κ3) is 6.55. The number of unbranched alkanes of at least 4 members (excludes halogenated alkanes) is 6. The van der Waals surface area contributed by atoms with E-state index >= 15 is 0 Å². The van der Waals surface area contributed by atoms with Crippen LogP contribution in [0.1, 0.15) is 51.9 Å². The second-order valence-electron chi connectivity index (χ2n) is 7.16. The molecule has 0 aliphatic rings. The molecule has 28 heavy (non-hydrogen) atoms. The predicted octanol–water partition coefficient (Wildman–Crippen LogP) is 4.77. The highest BCUT2D eigenvalue weighted by atomic mass is 16.5. The molecule has 5 nitrogen and oxygen atoms in total. The fourth-order valence-electron chi connectivity index (χ4n) is 3.06. The van der Waals surface area contributed by atoms with Gasteiger partial charge in [0.05, 0.1) is 18.7 Å². The van der Waals surface area contributed by atoms with Gasteiger partial charge in [-0.05, 0) is 31.9 Å². The van der Waals surface area contributed by atoms with Crippen LogP contribution in [-0.4, -0.2) is 23.8 Å². The average Bonchev–Trinajstić information content (AvgIpc) is 2.69. The van der Waals surface area contributed by atoms with Crippen LogP contribution in [0.3, 0.4) is 0 Å². The van der Waals surface area contributed by atoms with Gasteiger partial charge in [-0.1, -0.05) is 50.8 Å². The zero-order chi connectivity index (χ0) is 20.4. The second kappa shape index (κ2) is 11.3. The fourth-order valence-corrected chi connectivity index (χ4v) is 3.06. The van der Waals surface area contributed by atoms with Gasteiger partial charge in [0.2, 0.25) is 0 Å². The third-order valence-electron chi connectivity index (χ3n) is 4.74. The topological polar surface area (TPSA) is 57.5 Å². The summed E-state index contributed by atoms with van der Waals surface area (Å²) >= 11 is 0. The Morgan fingerprint density at radius 3 is 2.29 bits per heavy atom. The first-order valence-electron chi connectivity index (χ1n) is 10.0. The minimum Gasteiger partial charge on any atom is -0.493 e. The minimum absolute atomic E-state index is 0.0531. The van der Waals surface area contributed by atoms with E-state index in [4.69, 9.17) is 9.47 Å². The highest BCUT2D eigenvalue weighted by Crippen LogP contribution is 2.23. The van der Waals surface area contributed by atoms with E-state index in [1.165, 1.54) is 6.42 Å². The SMILES string of the molecule is C=C(C)C(=O)OCCCCCCCCCOc1cc(=O)n(C)c2ccccc12. The molecule has 0 N–H and O–H groups in total. The standard InChI is InChI=1S/C23H31NO4/c1-18(2)23(26)28-16-12-8-6-4-5-7-11-15-27-21-17-22(25)24(3)20-14-10-9-13-19(20)21/h9-10,13-14,17H,1,4-8,11-12,15-16H2,2-3H3. The summed E-state index contributed by atoms with van der Waals surface area (Å²) in [5.74, 6) is 0.368. The molecule has 0 radical (unpaired) electrons. The lowest BCUT2D eigenvalue weighted by Crippen LogP contribution is -2.16. The number of hydrogen-bond donors (Lipinski definition) is 0. The molecule has 0 saturated carbocycles. The van der Waals surface area contributed by atoms with Crippen molar-refractivity contribution in [2.24, 2.45) is 7.05 Å². The number of aryl methyl sites for hydroxylation is 1. The molecule has 2 aromatic rings. The summed E-state index contributed by atoms with van der Waals surface area (Å²) in [7, 11) is 1.78. The van der Waals surface area contributed by atoms with E-state index in [1.54, 1.807) is 24.6 Å². The van der Waals surface area contributed by atoms with E-state index in [2.05, 4.69) is 6.58 Å². The van der Waals surface area contributed by atoms with Crippen LogP contribution in [0, 0.1) is 0 Å². The molecule has 2 rings (SSSR count). The van der Waals surface area contributed by atoms with Gasteiger partial charge in [-0.2, -0.15) is 0 Å². The fraction of sp³-hybridized carbons (Fsp3) is 0.478. The van der Waals surface area contributed by atoms with Crippen LogP contribution in [0.5, 0.6) is 5.75 Å². The number of esters is 1. The van der Waals surface area contributed by atoms with Crippen molar-refractivity contribution < 1.29 is 14.3 Å². The summed E-state index contributed by atoms with van der Waals surface area (Å²) in [6, 6.07) is 9.37. The van der Waals surface area contributed by atoms with E-state index in [-0.39, 0.29) is 11.5 Å². The Morgan fingerprint density at radius 2 is 1.61 bits per heavy atom. The number of fused-ring (bicyclic) bond motifs is 1. The van der Waals surface area contributed by atoms with Gasteiger partial charge in [0.25, 0.3) is 5.56 Å². The van der Waals surface area contributed by atoms with Gasteiger partial charge in [0.15, 0.2) is 0 Å². The summed E-state index contributed by atoms with van der Waals surface area (Å²) in [5.41, 5.74) is 1.28. The van der Waals surface area contributed by atoms with Crippen molar-refractivity contribution in [2.75, 3.05) is 13.2 Å². The van der Waals surface area contributed by atoms with Crippen LogP contribution < -0.4 is 10.3 Å². The molecule has 152 valence electrons. The van der Waals surface area contributed by atoms with Crippen LogP contribution in [0.2, 0.25) is 0 Å². The summed E-state index contributed by atoms with van der Waals surface area (Å²) in [6.07, 6.45) is 7.52. The van der Waals surface area contributed by atoms with Gasteiger partial charge in [-0.25, -0.2) is 4.79 Å². The zero-order valence-corrected chi connectivity index (χ0v) is 17.0. The Kier molecular flexibility index (Phi) is 8.79. The molecule has 0 amide bonds. The van der Waals surface area contributed by atoms with Crippen LogP contribution in [0.4, 0.5) is 0 Å². The van der Waals surface area contributed by atoms with Crippen LogP contribution in [0.25, 0.3) is 10.9 Å². The van der Waals surface area contributed by atoms with Gasteiger partial charge in [0, 0.05) is 24.1 Å². The molecule has 0 fully saturated rings. The monoisotopic (exact) mass is 385 g/mol. The molecule has 0 unspecified atom stereocenters. The summed E-state index contributed by atoms with van der Waals surface area (Å²) in [4.78, 5) is 23.3. The Bertz CT molecular complexity index is 853. The maximum Gasteiger partial charge on any atom is 0.333 e. The number of hydrogen-bond acceptors (Lipinski definition) is 4. The number of benzene rings is 1. The lowest BCUT2D eigenvalue weighted by Gasteiger charge is -2.11. The normalized spacial score (nSPS) is 10.8. The van der Waals surface area contributed by atoms with Crippen molar-refractivity contribution in [3.05, 3.63) is 52.8 Å². The Balaban J connectivity index is 1.59. The largest absolute Gasteiger partial charge is 0.493 e. The summed E-state index contributed by atoms with van der Waals surface area (Å²) in [6.45, 7) is 6.31. The number of pyridine rings is 1. The van der Waals surface area contributed by atoms with E-state index in [1.807, 2.05) is 24.3 Å². The van der Waals surface area contributed by atoms with Gasteiger partial charge >= 0.3 is 5.97 Å². The Hall–Kier alpha value is -2.56. The van der Waals surface area contributed by atoms with E-state index in [9.17, 15) is 9.59 Å². The van der Waals surface area contributed by atoms with Crippen LogP contribution in [0.15, 0.2) is 47.3 Å². The highest BCUT2D eigenvalue weighted by molar-refractivity contribution is 5.87. The quantitative estimate of drug-likeness (QED) is 0.300. The maximum absolute atomic E-state index is 12.1. The molecule has 1 aromatic carbocycles. The highest BCUT2D eigenvalue weighted by Gasteiger charge is 2.07. The lowest BCUT2D eigenvalue weighted by molar-refractivity contribution is -0.139. The molecule has 0 aliphatic carbocycles. The smallest absolute Gasteiger partial charge is 0.333 e. The van der Waals surface area contributed by atoms with Crippen molar-refractivity contribution in [2.45, 2.75) is 51.9 Å². The second-order valence-corrected chi connectivity index (χ2v) is 7.16. The van der Waals surface area contributed by atoms with Crippen LogP contribution in [-0.2, 0) is 16.6 Å². The molecule has 5 heteroatoms. The zero-order valence-electron chi connectivity index (χ0n) is 17.0. The van der Waals surface area contributed by atoms with Crippen molar-refractivity contribution in [1.82, 2.24) is 4.57 Å². The van der Waals surface area contributed by atoms with Gasteiger partial charge < -0.3 is 14.0 Å². The molecular formula is C23H31NO4. The van der Waals surface area contributed by atoms with Gasteiger partial charge in [0.1, 0.15) is 5.75 Å². The first-order chi connectivity index (χ1) is 13.5. The van der Waals surface area contributed by atoms with E-state index < -0.39 is 0 Å². The number of nitrogens with zero attached hydrogens (tertiary/aromatic N) is 1. The lowest BCUT2D eigenvalue weighted by atomic mass is 10.1. The maximum atomic E-state index is 12.1.